The van der Waals surface area contributed by atoms with Gasteiger partial charge in [-0.05, 0) is 34.7 Å². The molecule has 1 aromatic rings. The van der Waals surface area contributed by atoms with Crippen molar-refractivity contribution in [2.75, 3.05) is 32.3 Å². The van der Waals surface area contributed by atoms with Crippen molar-refractivity contribution in [2.24, 2.45) is 0 Å². The lowest BCUT2D eigenvalue weighted by Crippen LogP contribution is -2.55. The average Bonchev–Trinajstić information content (AvgIpc) is 2.26. The molecule has 2 rings (SSSR count). The van der Waals surface area contributed by atoms with E-state index in [4.69, 9.17) is 0 Å². The summed E-state index contributed by atoms with van der Waals surface area (Å²) in [7, 11) is 3.64. The molecular weight excluding hydrogens is 317 g/mol. The van der Waals surface area contributed by atoms with Crippen molar-refractivity contribution in [3.63, 3.8) is 0 Å². The highest BCUT2D eigenvalue weighted by Gasteiger charge is 2.25. The van der Waals surface area contributed by atoms with Gasteiger partial charge in [-0.3, -0.25) is 0 Å². The molecule has 1 aromatic carbocycles. The van der Waals surface area contributed by atoms with Crippen LogP contribution in [0.25, 0.3) is 0 Å². The summed E-state index contributed by atoms with van der Waals surface area (Å²) < 4.78 is 1.20. The van der Waals surface area contributed by atoms with Gasteiger partial charge >= 0.3 is 6.03 Å². The van der Waals surface area contributed by atoms with Crippen molar-refractivity contribution >= 4 is 34.3 Å². The fourth-order valence-electron chi connectivity index (χ4n) is 1.83. The van der Waals surface area contributed by atoms with Crippen LogP contribution in [0.15, 0.2) is 24.3 Å². The first-order valence-corrected chi connectivity index (χ1v) is 6.13. The van der Waals surface area contributed by atoms with Gasteiger partial charge in [0.15, 0.2) is 0 Å². The number of benzene rings is 1. The minimum Gasteiger partial charge on any atom is -0.335 e. The first-order chi connectivity index (χ1) is 7.59. The van der Waals surface area contributed by atoms with Crippen LogP contribution in [0.2, 0.25) is 0 Å². The van der Waals surface area contributed by atoms with Gasteiger partial charge in [-0.15, -0.1) is 0 Å². The fourth-order valence-corrected chi connectivity index (χ4v) is 2.56. The molecule has 0 N–H and O–H groups in total. The van der Waals surface area contributed by atoms with Gasteiger partial charge in [0.25, 0.3) is 0 Å². The number of carbonyl (C=O) groups excluding carboxylic acids is 1. The Morgan fingerprint density at radius 3 is 2.25 bits per heavy atom. The molecule has 1 aliphatic heterocycles. The Kier molecular flexibility index (Phi) is 3.22. The zero-order valence-corrected chi connectivity index (χ0v) is 11.5. The van der Waals surface area contributed by atoms with Crippen LogP contribution < -0.4 is 4.90 Å². The summed E-state index contributed by atoms with van der Waals surface area (Å²) in [5.74, 6) is 0. The molecule has 16 heavy (non-hydrogen) atoms. The molecule has 1 saturated heterocycles. The molecule has 1 aliphatic rings. The zero-order chi connectivity index (χ0) is 11.7. The normalized spacial score (nSPS) is 16.9. The molecule has 0 aromatic heterocycles. The van der Waals surface area contributed by atoms with Crippen molar-refractivity contribution in [3.05, 3.63) is 27.8 Å². The Morgan fingerprint density at radius 2 is 1.69 bits per heavy atom. The molecule has 1 heterocycles. The van der Waals surface area contributed by atoms with Crippen LogP contribution >= 0.6 is 22.6 Å². The second-order valence-corrected chi connectivity index (χ2v) is 5.11. The van der Waals surface area contributed by atoms with Gasteiger partial charge in [0.1, 0.15) is 0 Å². The largest absolute Gasteiger partial charge is 0.335 e. The van der Waals surface area contributed by atoms with Gasteiger partial charge in [0.05, 0.1) is 19.0 Å². The van der Waals surface area contributed by atoms with Crippen LogP contribution in [0.3, 0.4) is 0 Å². The third-order valence-electron chi connectivity index (χ3n) is 2.61. The first kappa shape index (κ1) is 11.5. The third-order valence-corrected chi connectivity index (χ3v) is 3.52. The lowest BCUT2D eigenvalue weighted by Gasteiger charge is -2.40. The van der Waals surface area contributed by atoms with E-state index in [-0.39, 0.29) is 6.03 Å². The minimum absolute atomic E-state index is 0.0715. The van der Waals surface area contributed by atoms with E-state index < -0.39 is 0 Å². The van der Waals surface area contributed by atoms with Gasteiger partial charge in [0, 0.05) is 17.7 Å². The molecule has 0 saturated carbocycles. The number of amides is 2. The minimum atomic E-state index is 0.0715. The topological polar surface area (TPSA) is 26.8 Å². The van der Waals surface area contributed by atoms with E-state index in [9.17, 15) is 4.79 Å². The Balaban J connectivity index is 2.24. The Bertz CT molecular complexity index is 396. The van der Waals surface area contributed by atoms with Crippen LogP contribution in [-0.2, 0) is 0 Å². The van der Waals surface area contributed by atoms with Crippen molar-refractivity contribution in [1.29, 1.82) is 0 Å². The number of halogens is 1. The molecule has 0 bridgehead atoms. The number of carbonyl (C=O) groups is 1. The summed E-state index contributed by atoms with van der Waals surface area (Å²) in [5.41, 5.74) is 1.18. The zero-order valence-electron chi connectivity index (χ0n) is 9.35. The van der Waals surface area contributed by atoms with E-state index in [1.807, 2.05) is 26.2 Å². The van der Waals surface area contributed by atoms with Gasteiger partial charge in [0.2, 0.25) is 0 Å². The van der Waals surface area contributed by atoms with Crippen molar-refractivity contribution in [3.8, 4) is 0 Å². The van der Waals surface area contributed by atoms with Crippen molar-refractivity contribution < 1.29 is 4.79 Å². The summed E-state index contributed by atoms with van der Waals surface area (Å²) in [6.07, 6.45) is 0. The van der Waals surface area contributed by atoms with Crippen LogP contribution in [0.5, 0.6) is 0 Å². The predicted octanol–water partition coefficient (Wildman–Crippen LogP) is 2.01. The quantitative estimate of drug-likeness (QED) is 0.736. The first-order valence-electron chi connectivity index (χ1n) is 5.05. The van der Waals surface area contributed by atoms with E-state index in [1.54, 1.807) is 9.80 Å². The molecule has 0 unspecified atom stereocenters. The second-order valence-electron chi connectivity index (χ2n) is 3.95. The summed E-state index contributed by atoms with van der Waals surface area (Å²) >= 11 is 2.32. The van der Waals surface area contributed by atoms with Gasteiger partial charge in [-0.1, -0.05) is 12.1 Å². The number of nitrogens with zero attached hydrogens (tertiary/aromatic N) is 3. The summed E-state index contributed by atoms with van der Waals surface area (Å²) in [5, 5.41) is 0. The highest BCUT2D eigenvalue weighted by molar-refractivity contribution is 14.1. The molecule has 1 fully saturated rings. The monoisotopic (exact) mass is 331 g/mol. The summed E-state index contributed by atoms with van der Waals surface area (Å²) in [4.78, 5) is 17.2. The van der Waals surface area contributed by atoms with Crippen LogP contribution in [-0.4, -0.2) is 43.3 Å². The number of hydrogen-bond acceptors (Lipinski definition) is 2. The van der Waals surface area contributed by atoms with Crippen LogP contribution in [0.4, 0.5) is 10.5 Å². The van der Waals surface area contributed by atoms with Crippen molar-refractivity contribution in [1.82, 2.24) is 9.80 Å². The third kappa shape index (κ3) is 2.09. The maximum Gasteiger partial charge on any atom is 0.322 e. The SMILES string of the molecule is CN1CN(c2ccccc2I)CN(C)C1=O. The van der Waals surface area contributed by atoms with E-state index in [2.05, 4.69) is 39.6 Å². The Morgan fingerprint density at radius 1 is 1.12 bits per heavy atom. The van der Waals surface area contributed by atoms with Gasteiger partial charge in [-0.25, -0.2) is 4.79 Å². The molecule has 0 radical (unpaired) electrons. The highest BCUT2D eigenvalue weighted by atomic mass is 127. The number of anilines is 1. The van der Waals surface area contributed by atoms with Crippen molar-refractivity contribution in [2.45, 2.75) is 0 Å². The second kappa shape index (κ2) is 4.48. The molecule has 2 amide bonds. The van der Waals surface area contributed by atoms with Crippen LogP contribution in [0.1, 0.15) is 0 Å². The predicted molar refractivity (Wildman–Crippen MR) is 72.3 cm³/mol. The van der Waals surface area contributed by atoms with Gasteiger partial charge < -0.3 is 14.7 Å². The van der Waals surface area contributed by atoms with Gasteiger partial charge in [-0.2, -0.15) is 0 Å². The van der Waals surface area contributed by atoms with E-state index in [1.165, 1.54) is 9.26 Å². The molecule has 0 aliphatic carbocycles. The Hall–Kier alpha value is -0.980. The standard InChI is InChI=1S/C11H14IN3O/c1-13-7-15(8-14(2)11(13)16)10-6-4-3-5-9(10)12/h3-6H,7-8H2,1-2H3. The molecule has 0 atom stereocenters. The number of hydrogen-bond donors (Lipinski definition) is 0. The molecular formula is C11H14IN3O. The molecule has 4 nitrogen and oxygen atoms in total. The molecule has 5 heteroatoms. The average molecular weight is 331 g/mol. The van der Waals surface area contributed by atoms with E-state index in [0.717, 1.165) is 0 Å². The number of rotatable bonds is 1. The van der Waals surface area contributed by atoms with E-state index >= 15 is 0 Å². The van der Waals surface area contributed by atoms with Crippen LogP contribution in [0, 0.1) is 3.57 Å². The summed E-state index contributed by atoms with van der Waals surface area (Å²) in [6, 6.07) is 8.27. The summed E-state index contributed by atoms with van der Waals surface area (Å²) in [6.45, 7) is 1.28. The smallest absolute Gasteiger partial charge is 0.322 e. The van der Waals surface area contributed by atoms with E-state index in [0.29, 0.717) is 13.3 Å². The number of para-hydroxylation sites is 1. The molecule has 86 valence electrons. The number of urea groups is 1. The lowest BCUT2D eigenvalue weighted by atomic mass is 10.3. The molecule has 0 spiro atoms. The fraction of sp³-hybridized carbons (Fsp3) is 0.364. The highest BCUT2D eigenvalue weighted by Crippen LogP contribution is 2.24. The maximum absolute atomic E-state index is 11.6. The maximum atomic E-state index is 11.6. The Labute approximate surface area is 109 Å². The lowest BCUT2D eigenvalue weighted by molar-refractivity contribution is 0.154.